The molecule has 0 saturated heterocycles. The van der Waals surface area contributed by atoms with Crippen LogP contribution in [0.4, 0.5) is 0 Å². The van der Waals surface area contributed by atoms with Gasteiger partial charge in [-0.3, -0.25) is 0 Å². The second kappa shape index (κ2) is 6.78. The zero-order chi connectivity index (χ0) is 14.5. The van der Waals surface area contributed by atoms with Crippen molar-refractivity contribution in [3.05, 3.63) is 64.7 Å². The highest BCUT2D eigenvalue weighted by molar-refractivity contribution is 6.30. The molecule has 2 atom stereocenters. The third-order valence-electron chi connectivity index (χ3n) is 3.22. The van der Waals surface area contributed by atoms with Crippen LogP contribution < -0.4 is 10.5 Å². The Kier molecular flexibility index (Phi) is 5.05. The maximum Gasteiger partial charge on any atom is 0.138 e. The fraction of sp³-hybridized carbons (Fsp3) is 0.294. The highest BCUT2D eigenvalue weighted by Gasteiger charge is 2.18. The van der Waals surface area contributed by atoms with E-state index in [1.165, 1.54) is 5.56 Å². The van der Waals surface area contributed by atoms with Gasteiger partial charge < -0.3 is 10.5 Å². The molecule has 2 nitrogen and oxygen atoms in total. The lowest BCUT2D eigenvalue weighted by molar-refractivity contribution is 0.180. The molecule has 3 heteroatoms. The van der Waals surface area contributed by atoms with Crippen molar-refractivity contribution in [1.82, 2.24) is 0 Å². The maximum atomic E-state index is 6.08. The zero-order valence-corrected chi connectivity index (χ0v) is 12.6. The van der Waals surface area contributed by atoms with Crippen molar-refractivity contribution in [3.63, 3.8) is 0 Å². The molecule has 0 heterocycles. The molecule has 0 bridgehead atoms. The molecule has 0 amide bonds. The predicted octanol–water partition coefficient (Wildman–Crippen LogP) is 4.37. The van der Waals surface area contributed by atoms with Gasteiger partial charge in [0.25, 0.3) is 0 Å². The van der Waals surface area contributed by atoms with Crippen LogP contribution in [0.1, 0.15) is 31.1 Å². The SMILES string of the molecule is CCc1cccc(OC(c2cccc(Cl)c2)C(C)N)c1. The van der Waals surface area contributed by atoms with E-state index in [1.807, 2.05) is 43.3 Å². The lowest BCUT2D eigenvalue weighted by Crippen LogP contribution is -2.29. The lowest BCUT2D eigenvalue weighted by atomic mass is 10.0. The van der Waals surface area contributed by atoms with E-state index in [0.717, 1.165) is 17.7 Å². The second-order valence-corrected chi connectivity index (χ2v) is 5.39. The normalized spacial score (nSPS) is 13.8. The minimum absolute atomic E-state index is 0.126. The Hall–Kier alpha value is -1.51. The Morgan fingerprint density at radius 2 is 1.90 bits per heavy atom. The smallest absolute Gasteiger partial charge is 0.138 e. The summed E-state index contributed by atoms with van der Waals surface area (Å²) in [5.41, 5.74) is 8.31. The van der Waals surface area contributed by atoms with Gasteiger partial charge in [-0.05, 0) is 48.7 Å². The van der Waals surface area contributed by atoms with E-state index in [1.54, 1.807) is 0 Å². The van der Waals surface area contributed by atoms with Gasteiger partial charge in [-0.1, -0.05) is 42.8 Å². The van der Waals surface area contributed by atoms with Crippen molar-refractivity contribution in [1.29, 1.82) is 0 Å². The first kappa shape index (κ1) is 14.9. The van der Waals surface area contributed by atoms with Crippen LogP contribution in [0, 0.1) is 0 Å². The first-order chi connectivity index (χ1) is 9.60. The Labute approximate surface area is 125 Å². The van der Waals surface area contributed by atoms with Crippen molar-refractivity contribution in [2.75, 3.05) is 0 Å². The van der Waals surface area contributed by atoms with Crippen LogP contribution in [0.15, 0.2) is 48.5 Å². The van der Waals surface area contributed by atoms with Gasteiger partial charge in [0.1, 0.15) is 11.9 Å². The summed E-state index contributed by atoms with van der Waals surface area (Å²) in [6.07, 6.45) is 0.776. The van der Waals surface area contributed by atoms with E-state index in [-0.39, 0.29) is 12.1 Å². The molecular weight excluding hydrogens is 270 g/mol. The van der Waals surface area contributed by atoms with E-state index < -0.39 is 0 Å². The molecule has 0 spiro atoms. The lowest BCUT2D eigenvalue weighted by Gasteiger charge is -2.23. The Morgan fingerprint density at radius 3 is 2.55 bits per heavy atom. The summed E-state index contributed by atoms with van der Waals surface area (Å²) in [5.74, 6) is 0.839. The number of hydrogen-bond acceptors (Lipinski definition) is 2. The van der Waals surface area contributed by atoms with Crippen LogP contribution in [0.2, 0.25) is 5.02 Å². The van der Waals surface area contributed by atoms with Gasteiger partial charge in [-0.2, -0.15) is 0 Å². The zero-order valence-electron chi connectivity index (χ0n) is 11.8. The van der Waals surface area contributed by atoms with Crippen LogP contribution >= 0.6 is 11.6 Å². The number of aryl methyl sites for hydroxylation is 1. The number of halogens is 1. The third kappa shape index (κ3) is 3.75. The average Bonchev–Trinajstić information content (AvgIpc) is 2.44. The average molecular weight is 290 g/mol. The molecule has 0 aliphatic carbocycles. The largest absolute Gasteiger partial charge is 0.484 e. The quantitative estimate of drug-likeness (QED) is 0.887. The molecule has 0 saturated carbocycles. The third-order valence-corrected chi connectivity index (χ3v) is 3.46. The fourth-order valence-corrected chi connectivity index (χ4v) is 2.35. The molecular formula is C17H20ClNO. The van der Waals surface area contributed by atoms with E-state index in [2.05, 4.69) is 19.1 Å². The first-order valence-electron chi connectivity index (χ1n) is 6.86. The maximum absolute atomic E-state index is 6.08. The second-order valence-electron chi connectivity index (χ2n) is 4.95. The summed E-state index contributed by atoms with van der Waals surface area (Å²) in [6.45, 7) is 4.06. The summed E-state index contributed by atoms with van der Waals surface area (Å²) < 4.78 is 6.08. The van der Waals surface area contributed by atoms with Crippen molar-refractivity contribution in [2.24, 2.45) is 5.73 Å². The van der Waals surface area contributed by atoms with E-state index in [0.29, 0.717) is 5.02 Å². The van der Waals surface area contributed by atoms with Gasteiger partial charge in [0.2, 0.25) is 0 Å². The van der Waals surface area contributed by atoms with Crippen LogP contribution in [0.25, 0.3) is 0 Å². The monoisotopic (exact) mass is 289 g/mol. The van der Waals surface area contributed by atoms with Crippen molar-refractivity contribution >= 4 is 11.6 Å². The first-order valence-corrected chi connectivity index (χ1v) is 7.24. The number of benzene rings is 2. The Bertz CT molecular complexity index is 568. The van der Waals surface area contributed by atoms with Crippen LogP contribution in [0.3, 0.4) is 0 Å². The fourth-order valence-electron chi connectivity index (χ4n) is 2.15. The van der Waals surface area contributed by atoms with Crippen molar-refractivity contribution in [3.8, 4) is 5.75 Å². The van der Waals surface area contributed by atoms with Gasteiger partial charge in [0.05, 0.1) is 0 Å². The summed E-state index contributed by atoms with van der Waals surface area (Å²) >= 11 is 6.05. The molecule has 2 rings (SSSR count). The summed E-state index contributed by atoms with van der Waals surface area (Å²) in [6, 6.07) is 15.6. The molecule has 0 fully saturated rings. The van der Waals surface area contributed by atoms with Crippen molar-refractivity contribution in [2.45, 2.75) is 32.4 Å². The molecule has 2 unspecified atom stereocenters. The molecule has 2 aromatic carbocycles. The molecule has 2 aromatic rings. The molecule has 0 aliphatic heterocycles. The van der Waals surface area contributed by atoms with Crippen LogP contribution in [0.5, 0.6) is 5.75 Å². The minimum Gasteiger partial charge on any atom is -0.484 e. The highest BCUT2D eigenvalue weighted by Crippen LogP contribution is 2.26. The molecule has 2 N–H and O–H groups in total. The predicted molar refractivity (Wildman–Crippen MR) is 84.3 cm³/mol. The topological polar surface area (TPSA) is 35.2 Å². The van der Waals surface area contributed by atoms with Gasteiger partial charge in [0, 0.05) is 11.1 Å². The van der Waals surface area contributed by atoms with Gasteiger partial charge in [0.15, 0.2) is 0 Å². The summed E-state index contributed by atoms with van der Waals surface area (Å²) in [5, 5.41) is 0.694. The summed E-state index contributed by atoms with van der Waals surface area (Å²) in [7, 11) is 0. The standard InChI is InChI=1S/C17H20ClNO/c1-3-13-6-4-9-16(10-13)20-17(12(2)19)14-7-5-8-15(18)11-14/h4-12,17H,3,19H2,1-2H3. The van der Waals surface area contributed by atoms with E-state index >= 15 is 0 Å². The molecule has 106 valence electrons. The number of nitrogens with two attached hydrogens (primary N) is 1. The van der Waals surface area contributed by atoms with E-state index in [4.69, 9.17) is 22.1 Å². The summed E-state index contributed by atoms with van der Waals surface area (Å²) in [4.78, 5) is 0. The number of hydrogen-bond donors (Lipinski definition) is 1. The van der Waals surface area contributed by atoms with E-state index in [9.17, 15) is 0 Å². The van der Waals surface area contributed by atoms with Crippen LogP contribution in [-0.2, 0) is 6.42 Å². The van der Waals surface area contributed by atoms with Crippen LogP contribution in [-0.4, -0.2) is 6.04 Å². The van der Waals surface area contributed by atoms with Crippen molar-refractivity contribution < 1.29 is 4.74 Å². The Balaban J connectivity index is 2.25. The number of ether oxygens (including phenoxy) is 1. The van der Waals surface area contributed by atoms with Gasteiger partial charge >= 0.3 is 0 Å². The highest BCUT2D eigenvalue weighted by atomic mass is 35.5. The molecule has 0 aromatic heterocycles. The molecule has 20 heavy (non-hydrogen) atoms. The van der Waals surface area contributed by atoms with Gasteiger partial charge in [-0.25, -0.2) is 0 Å². The minimum atomic E-state index is -0.208. The molecule has 0 aliphatic rings. The molecule has 0 radical (unpaired) electrons. The Morgan fingerprint density at radius 1 is 1.15 bits per heavy atom. The number of rotatable bonds is 5. The van der Waals surface area contributed by atoms with Gasteiger partial charge in [-0.15, -0.1) is 0 Å².